The third kappa shape index (κ3) is 3.55. The van der Waals surface area contributed by atoms with Crippen molar-refractivity contribution in [3.8, 4) is 0 Å². The SMILES string of the molecule is Cc1ccc(C(=O)C(=O)N(C)Cc2ccc(F)cc2F)cc1. The summed E-state index contributed by atoms with van der Waals surface area (Å²) < 4.78 is 26.4. The summed E-state index contributed by atoms with van der Waals surface area (Å²) in [4.78, 5) is 25.3. The number of hydrogen-bond acceptors (Lipinski definition) is 2. The average molecular weight is 303 g/mol. The molecule has 0 heterocycles. The van der Waals surface area contributed by atoms with E-state index in [0.717, 1.165) is 22.6 Å². The molecule has 0 spiro atoms. The lowest BCUT2D eigenvalue weighted by Crippen LogP contribution is -2.33. The summed E-state index contributed by atoms with van der Waals surface area (Å²) in [7, 11) is 1.40. The summed E-state index contributed by atoms with van der Waals surface area (Å²) in [5.41, 5.74) is 1.40. The number of amides is 1. The quantitative estimate of drug-likeness (QED) is 0.643. The minimum absolute atomic E-state index is 0.109. The Morgan fingerprint density at radius 2 is 1.68 bits per heavy atom. The van der Waals surface area contributed by atoms with Gasteiger partial charge in [-0.3, -0.25) is 9.59 Å². The number of nitrogens with zero attached hydrogens (tertiary/aromatic N) is 1. The highest BCUT2D eigenvalue weighted by molar-refractivity contribution is 6.42. The van der Waals surface area contributed by atoms with E-state index >= 15 is 0 Å². The number of hydrogen-bond donors (Lipinski definition) is 0. The van der Waals surface area contributed by atoms with E-state index in [9.17, 15) is 18.4 Å². The number of carbonyl (C=O) groups excluding carboxylic acids is 2. The number of likely N-dealkylation sites (N-methyl/N-ethyl adjacent to an activating group) is 1. The van der Waals surface area contributed by atoms with Crippen molar-refractivity contribution in [2.75, 3.05) is 7.05 Å². The molecule has 0 atom stereocenters. The molecule has 2 aromatic rings. The fourth-order valence-electron chi connectivity index (χ4n) is 1.98. The van der Waals surface area contributed by atoms with Crippen LogP contribution in [-0.2, 0) is 11.3 Å². The smallest absolute Gasteiger partial charge is 0.295 e. The topological polar surface area (TPSA) is 37.4 Å². The van der Waals surface area contributed by atoms with Gasteiger partial charge in [0.25, 0.3) is 5.91 Å². The molecule has 2 aromatic carbocycles. The summed E-state index contributed by atoms with van der Waals surface area (Å²) >= 11 is 0. The molecule has 22 heavy (non-hydrogen) atoms. The van der Waals surface area contributed by atoms with E-state index in [4.69, 9.17) is 0 Å². The Balaban J connectivity index is 2.11. The maximum atomic E-state index is 13.6. The fourth-order valence-corrected chi connectivity index (χ4v) is 1.98. The van der Waals surface area contributed by atoms with Crippen LogP contribution in [0.25, 0.3) is 0 Å². The van der Waals surface area contributed by atoms with Gasteiger partial charge in [0.05, 0.1) is 0 Å². The lowest BCUT2D eigenvalue weighted by molar-refractivity contribution is -0.125. The Bertz CT molecular complexity index is 711. The van der Waals surface area contributed by atoms with Crippen molar-refractivity contribution in [3.63, 3.8) is 0 Å². The standard InChI is InChI=1S/C17H15F2NO2/c1-11-3-5-12(6-4-11)16(21)17(22)20(2)10-13-7-8-14(18)9-15(13)19/h3-9H,10H2,1-2H3. The predicted octanol–water partition coefficient (Wildman–Crippen LogP) is 3.11. The molecule has 114 valence electrons. The van der Waals surface area contributed by atoms with Gasteiger partial charge in [0.15, 0.2) is 0 Å². The molecular weight excluding hydrogens is 288 g/mol. The Kier molecular flexibility index (Phi) is 4.65. The summed E-state index contributed by atoms with van der Waals surface area (Å²) in [6.07, 6.45) is 0. The van der Waals surface area contributed by atoms with Crippen molar-refractivity contribution in [3.05, 3.63) is 70.8 Å². The number of Topliss-reactive ketones (excluding diaryl/α,β-unsaturated/α-hetero) is 1. The van der Waals surface area contributed by atoms with Gasteiger partial charge in [-0.05, 0) is 13.0 Å². The molecule has 0 saturated heterocycles. The van der Waals surface area contributed by atoms with Crippen LogP contribution in [0, 0.1) is 18.6 Å². The van der Waals surface area contributed by atoms with Crippen LogP contribution in [0.4, 0.5) is 8.78 Å². The molecule has 0 bridgehead atoms. The van der Waals surface area contributed by atoms with Crippen LogP contribution >= 0.6 is 0 Å². The van der Waals surface area contributed by atoms with Crippen molar-refractivity contribution < 1.29 is 18.4 Å². The second kappa shape index (κ2) is 6.47. The van der Waals surface area contributed by atoms with Crippen molar-refractivity contribution in [1.29, 1.82) is 0 Å². The molecule has 2 rings (SSSR count). The van der Waals surface area contributed by atoms with Gasteiger partial charge < -0.3 is 4.90 Å². The van der Waals surface area contributed by atoms with E-state index < -0.39 is 23.3 Å². The van der Waals surface area contributed by atoms with Crippen LogP contribution in [0.5, 0.6) is 0 Å². The van der Waals surface area contributed by atoms with Crippen LogP contribution in [0.3, 0.4) is 0 Å². The van der Waals surface area contributed by atoms with Crippen LogP contribution in [0.2, 0.25) is 0 Å². The van der Waals surface area contributed by atoms with E-state index in [2.05, 4.69) is 0 Å². The van der Waals surface area contributed by atoms with E-state index in [0.29, 0.717) is 0 Å². The van der Waals surface area contributed by atoms with Crippen molar-refractivity contribution in [2.24, 2.45) is 0 Å². The number of benzene rings is 2. The van der Waals surface area contributed by atoms with Crippen molar-refractivity contribution in [2.45, 2.75) is 13.5 Å². The van der Waals surface area contributed by atoms with Crippen molar-refractivity contribution >= 4 is 11.7 Å². The van der Waals surface area contributed by atoms with Gasteiger partial charge in [-0.25, -0.2) is 8.78 Å². The first-order valence-electron chi connectivity index (χ1n) is 6.69. The number of halogens is 2. The van der Waals surface area contributed by atoms with Gasteiger partial charge in [0, 0.05) is 30.8 Å². The van der Waals surface area contributed by atoms with E-state index in [-0.39, 0.29) is 17.7 Å². The van der Waals surface area contributed by atoms with Gasteiger partial charge in [0.2, 0.25) is 5.78 Å². The van der Waals surface area contributed by atoms with Gasteiger partial charge in [-0.1, -0.05) is 35.9 Å². The summed E-state index contributed by atoms with van der Waals surface area (Å²) in [5, 5.41) is 0. The second-order valence-electron chi connectivity index (χ2n) is 5.09. The Morgan fingerprint density at radius 1 is 1.05 bits per heavy atom. The molecule has 0 radical (unpaired) electrons. The van der Waals surface area contributed by atoms with Crippen molar-refractivity contribution in [1.82, 2.24) is 4.90 Å². The summed E-state index contributed by atoms with van der Waals surface area (Å²) in [5.74, 6) is -2.84. The zero-order valence-electron chi connectivity index (χ0n) is 12.3. The number of rotatable bonds is 4. The third-order valence-corrected chi connectivity index (χ3v) is 3.28. The van der Waals surface area contributed by atoms with Gasteiger partial charge in [-0.2, -0.15) is 0 Å². The monoisotopic (exact) mass is 303 g/mol. The van der Waals surface area contributed by atoms with Crippen LogP contribution < -0.4 is 0 Å². The molecule has 0 fully saturated rings. The lowest BCUT2D eigenvalue weighted by atomic mass is 10.1. The first kappa shape index (κ1) is 15.8. The Morgan fingerprint density at radius 3 is 2.27 bits per heavy atom. The largest absolute Gasteiger partial charge is 0.334 e. The molecule has 3 nitrogen and oxygen atoms in total. The molecule has 0 aliphatic heterocycles. The molecular formula is C17H15F2NO2. The van der Waals surface area contributed by atoms with Gasteiger partial charge in [0.1, 0.15) is 11.6 Å². The Hall–Kier alpha value is -2.56. The van der Waals surface area contributed by atoms with Gasteiger partial charge >= 0.3 is 0 Å². The highest BCUT2D eigenvalue weighted by Gasteiger charge is 2.21. The van der Waals surface area contributed by atoms with Crippen LogP contribution in [0.15, 0.2) is 42.5 Å². The zero-order valence-corrected chi connectivity index (χ0v) is 12.3. The molecule has 0 aromatic heterocycles. The maximum absolute atomic E-state index is 13.6. The predicted molar refractivity (Wildman–Crippen MR) is 78.3 cm³/mol. The highest BCUT2D eigenvalue weighted by Crippen LogP contribution is 2.13. The minimum atomic E-state index is -0.748. The highest BCUT2D eigenvalue weighted by atomic mass is 19.1. The van der Waals surface area contributed by atoms with E-state index in [1.807, 2.05) is 6.92 Å². The molecule has 0 saturated carbocycles. The van der Waals surface area contributed by atoms with E-state index in [1.165, 1.54) is 13.1 Å². The van der Waals surface area contributed by atoms with Gasteiger partial charge in [-0.15, -0.1) is 0 Å². The van der Waals surface area contributed by atoms with Crippen LogP contribution in [-0.4, -0.2) is 23.6 Å². The number of ketones is 1. The molecule has 0 unspecified atom stereocenters. The fraction of sp³-hybridized carbons (Fsp3) is 0.176. The van der Waals surface area contributed by atoms with Crippen LogP contribution in [0.1, 0.15) is 21.5 Å². The second-order valence-corrected chi connectivity index (χ2v) is 5.09. The normalized spacial score (nSPS) is 10.4. The third-order valence-electron chi connectivity index (χ3n) is 3.28. The molecule has 0 N–H and O–H groups in total. The first-order valence-corrected chi connectivity index (χ1v) is 6.69. The lowest BCUT2D eigenvalue weighted by Gasteiger charge is -2.17. The minimum Gasteiger partial charge on any atom is -0.334 e. The summed E-state index contributed by atoms with van der Waals surface area (Å²) in [6, 6.07) is 9.73. The molecule has 1 amide bonds. The molecule has 0 aliphatic carbocycles. The maximum Gasteiger partial charge on any atom is 0.295 e. The number of carbonyl (C=O) groups is 2. The average Bonchev–Trinajstić information content (AvgIpc) is 2.49. The number of aryl methyl sites for hydroxylation is 1. The molecule has 0 aliphatic rings. The first-order chi connectivity index (χ1) is 10.4. The Labute approximate surface area is 127 Å². The molecule has 5 heteroatoms. The zero-order chi connectivity index (χ0) is 16.3. The summed E-state index contributed by atoms with van der Waals surface area (Å²) in [6.45, 7) is 1.77. The van der Waals surface area contributed by atoms with E-state index in [1.54, 1.807) is 24.3 Å².